The van der Waals surface area contributed by atoms with E-state index in [-0.39, 0.29) is 11.9 Å². The maximum absolute atomic E-state index is 14.6. The number of benzene rings is 2. The average Bonchev–Trinajstić information content (AvgIpc) is 3.34. The van der Waals surface area contributed by atoms with Crippen LogP contribution in [0, 0.1) is 5.82 Å². The smallest absolute Gasteiger partial charge is 0.340 e. The molecule has 0 saturated heterocycles. The Morgan fingerprint density at radius 3 is 2.61 bits per heavy atom. The Morgan fingerprint density at radius 1 is 1.18 bits per heavy atom. The van der Waals surface area contributed by atoms with Crippen LogP contribution in [0.4, 0.5) is 4.39 Å². The van der Waals surface area contributed by atoms with E-state index in [0.717, 1.165) is 36.4 Å². The van der Waals surface area contributed by atoms with Gasteiger partial charge in [-0.05, 0) is 60.6 Å². The van der Waals surface area contributed by atoms with Gasteiger partial charge in [-0.3, -0.25) is 0 Å². The second kappa shape index (κ2) is 10.2. The molecule has 4 rings (SSSR count). The van der Waals surface area contributed by atoms with Crippen LogP contribution in [0.15, 0.2) is 66.0 Å². The Bertz CT molecular complexity index is 1070. The molecule has 4 nitrogen and oxygen atoms in total. The number of aliphatic hydroxyl groups is 1. The topological polar surface area (TPSA) is 49.8 Å². The number of ether oxygens (including phenoxy) is 1. The number of aliphatic hydroxyl groups excluding tert-OH is 1. The maximum Gasteiger partial charge on any atom is 0.340 e. The highest BCUT2D eigenvalue weighted by Crippen LogP contribution is 2.46. The van der Waals surface area contributed by atoms with Crippen LogP contribution in [0.5, 0.6) is 0 Å². The zero-order valence-corrected chi connectivity index (χ0v) is 19.9. The van der Waals surface area contributed by atoms with Crippen LogP contribution < -0.4 is 0 Å². The third kappa shape index (κ3) is 4.74. The maximum atomic E-state index is 14.6. The Hall–Kier alpha value is -2.54. The van der Waals surface area contributed by atoms with Crippen LogP contribution in [-0.4, -0.2) is 35.1 Å². The van der Waals surface area contributed by atoms with E-state index in [4.69, 9.17) is 4.74 Å². The van der Waals surface area contributed by atoms with E-state index in [1.165, 1.54) is 23.5 Å². The lowest BCUT2D eigenvalue weighted by Gasteiger charge is -2.39. The summed E-state index contributed by atoms with van der Waals surface area (Å²) < 4.78 is 20.9. The molecule has 1 aromatic heterocycles. The fourth-order valence-electron chi connectivity index (χ4n) is 4.95. The monoisotopic (exact) mass is 467 g/mol. The number of fused-ring (bicyclic) bond motifs is 1. The molecule has 0 aliphatic heterocycles. The number of esters is 1. The number of rotatable bonds is 7. The second-order valence-corrected chi connectivity index (χ2v) is 9.41. The van der Waals surface area contributed by atoms with Crippen molar-refractivity contribution < 1.29 is 19.0 Å². The van der Waals surface area contributed by atoms with Gasteiger partial charge >= 0.3 is 5.97 Å². The van der Waals surface area contributed by atoms with Crippen LogP contribution in [0.3, 0.4) is 0 Å². The van der Waals surface area contributed by atoms with Crippen molar-refractivity contribution in [1.82, 2.24) is 4.90 Å². The van der Waals surface area contributed by atoms with Gasteiger partial charge in [-0.25, -0.2) is 9.18 Å². The first-order valence-corrected chi connectivity index (χ1v) is 12.4. The molecule has 1 aliphatic carbocycles. The number of carbonyl (C=O) groups excluding carboxylic acids is 1. The van der Waals surface area contributed by atoms with Gasteiger partial charge in [-0.15, -0.1) is 11.3 Å². The molecule has 0 amide bonds. The number of aryl methyl sites for hydroxylation is 1. The Labute approximate surface area is 198 Å². The van der Waals surface area contributed by atoms with Crippen LogP contribution in [-0.2, 0) is 21.6 Å². The van der Waals surface area contributed by atoms with Gasteiger partial charge in [-0.2, -0.15) is 0 Å². The van der Waals surface area contributed by atoms with Crippen molar-refractivity contribution in [3.05, 3.63) is 93.4 Å². The minimum absolute atomic E-state index is 0.138. The molecule has 1 N–H and O–H groups in total. The number of hydrogen-bond acceptors (Lipinski definition) is 5. The third-order valence-electron chi connectivity index (χ3n) is 6.64. The van der Waals surface area contributed by atoms with Crippen molar-refractivity contribution in [1.29, 1.82) is 0 Å². The van der Waals surface area contributed by atoms with Crippen molar-refractivity contribution >= 4 is 17.3 Å². The molecular formula is C27H30FNO3S. The molecule has 0 radical (unpaired) electrons. The fraction of sp³-hybridized carbons (Fsp3) is 0.370. The summed E-state index contributed by atoms with van der Waals surface area (Å²) in [4.78, 5) is 16.6. The quantitative estimate of drug-likeness (QED) is 0.371. The molecule has 0 spiro atoms. The van der Waals surface area contributed by atoms with Crippen molar-refractivity contribution in [2.45, 2.75) is 50.9 Å². The summed E-state index contributed by atoms with van der Waals surface area (Å²) in [7, 11) is 0. The predicted molar refractivity (Wildman–Crippen MR) is 129 cm³/mol. The van der Waals surface area contributed by atoms with E-state index in [9.17, 15) is 14.3 Å². The van der Waals surface area contributed by atoms with E-state index in [1.54, 1.807) is 30.3 Å². The van der Waals surface area contributed by atoms with Crippen molar-refractivity contribution in [2.75, 3.05) is 13.1 Å². The molecule has 3 atom stereocenters. The van der Waals surface area contributed by atoms with Crippen molar-refractivity contribution in [3.8, 4) is 0 Å². The summed E-state index contributed by atoms with van der Waals surface area (Å²) in [6.07, 6.45) is 0.726. The lowest BCUT2D eigenvalue weighted by Crippen LogP contribution is -2.43. The molecule has 3 aromatic rings. The molecule has 0 saturated carbocycles. The molecule has 174 valence electrons. The first kappa shape index (κ1) is 23.6. The highest BCUT2D eigenvalue weighted by Gasteiger charge is 2.46. The summed E-state index contributed by atoms with van der Waals surface area (Å²) in [5, 5.41) is 12.8. The predicted octanol–water partition coefficient (Wildman–Crippen LogP) is 5.45. The van der Waals surface area contributed by atoms with Crippen LogP contribution in [0.1, 0.15) is 54.4 Å². The van der Waals surface area contributed by atoms with E-state index in [1.807, 2.05) is 23.6 Å². The highest BCUT2D eigenvalue weighted by atomic mass is 32.1. The number of thiophene rings is 1. The van der Waals surface area contributed by atoms with Gasteiger partial charge in [-0.1, -0.05) is 56.3 Å². The Balaban J connectivity index is 1.84. The van der Waals surface area contributed by atoms with E-state index in [0.29, 0.717) is 17.5 Å². The number of hydrogen-bond donors (Lipinski definition) is 1. The number of carbonyl (C=O) groups is 1. The second-order valence-electron chi connectivity index (χ2n) is 8.46. The SMILES string of the molecule is CCN(CC)[C@H]1CCc2ccc(F)cc2[C@](OC(=O)[C@@H](O)c2ccccc2)(c2cccs2)C1. The summed E-state index contributed by atoms with van der Waals surface area (Å²) >= 11 is 1.49. The minimum Gasteiger partial charge on any atom is -0.446 e. The normalized spacial score (nSPS) is 21.3. The van der Waals surface area contributed by atoms with Crippen molar-refractivity contribution in [3.63, 3.8) is 0 Å². The van der Waals surface area contributed by atoms with E-state index < -0.39 is 17.7 Å². The van der Waals surface area contributed by atoms with E-state index >= 15 is 0 Å². The standard InChI is InChI=1S/C27H30FNO3S/c1-3-29(4-2)22-15-13-19-12-14-21(28)17-23(19)27(18-22,24-11-8-16-33-24)32-26(31)25(30)20-9-6-5-7-10-20/h5-12,14,16-17,22,25,30H,3-4,13,15,18H2,1-2H3/t22-,25-,27-/m0/s1. The van der Waals surface area contributed by atoms with Crippen LogP contribution in [0.25, 0.3) is 0 Å². The third-order valence-corrected chi connectivity index (χ3v) is 7.65. The van der Waals surface area contributed by atoms with Gasteiger partial charge in [0.2, 0.25) is 0 Å². The molecule has 33 heavy (non-hydrogen) atoms. The number of halogens is 1. The lowest BCUT2D eigenvalue weighted by molar-refractivity contribution is -0.169. The zero-order valence-electron chi connectivity index (χ0n) is 19.0. The molecule has 0 bridgehead atoms. The van der Waals surface area contributed by atoms with Gasteiger partial charge in [0.1, 0.15) is 5.82 Å². The highest BCUT2D eigenvalue weighted by molar-refractivity contribution is 7.10. The summed E-state index contributed by atoms with van der Waals surface area (Å²) in [6.45, 7) is 5.98. The van der Waals surface area contributed by atoms with Crippen LogP contribution >= 0.6 is 11.3 Å². The van der Waals surface area contributed by atoms with Gasteiger partial charge in [0.05, 0.1) is 4.88 Å². The number of nitrogens with zero attached hydrogens (tertiary/aromatic N) is 1. The largest absolute Gasteiger partial charge is 0.446 e. The average molecular weight is 468 g/mol. The lowest BCUT2D eigenvalue weighted by atomic mass is 9.84. The first-order chi connectivity index (χ1) is 16.0. The van der Waals surface area contributed by atoms with Gasteiger partial charge in [0, 0.05) is 18.0 Å². The summed E-state index contributed by atoms with van der Waals surface area (Å²) in [6, 6.07) is 17.5. The summed E-state index contributed by atoms with van der Waals surface area (Å²) in [5.41, 5.74) is 0.939. The van der Waals surface area contributed by atoms with E-state index in [2.05, 4.69) is 18.7 Å². The van der Waals surface area contributed by atoms with Gasteiger partial charge < -0.3 is 14.7 Å². The Morgan fingerprint density at radius 2 is 1.94 bits per heavy atom. The molecule has 1 aliphatic rings. The fourth-order valence-corrected chi connectivity index (χ4v) is 5.83. The zero-order chi connectivity index (χ0) is 23.4. The first-order valence-electron chi connectivity index (χ1n) is 11.5. The summed E-state index contributed by atoms with van der Waals surface area (Å²) in [5.74, 6) is -1.10. The van der Waals surface area contributed by atoms with Crippen LogP contribution in [0.2, 0.25) is 0 Å². The van der Waals surface area contributed by atoms with Gasteiger partial charge in [0.15, 0.2) is 11.7 Å². The molecule has 0 unspecified atom stereocenters. The molecular weight excluding hydrogens is 437 g/mol. The van der Waals surface area contributed by atoms with Gasteiger partial charge in [0.25, 0.3) is 0 Å². The minimum atomic E-state index is -1.42. The Kier molecular flexibility index (Phi) is 7.27. The molecule has 0 fully saturated rings. The molecule has 2 aromatic carbocycles. The molecule has 1 heterocycles. The van der Waals surface area contributed by atoms with Crippen molar-refractivity contribution in [2.24, 2.45) is 0 Å². The molecule has 6 heteroatoms.